The average molecular weight is 347 g/mol. The molecule has 1 saturated heterocycles. The Morgan fingerprint density at radius 2 is 2.00 bits per heavy atom. The Morgan fingerprint density at radius 1 is 1.28 bits per heavy atom. The van der Waals surface area contributed by atoms with E-state index in [1.54, 1.807) is 43.0 Å². The Balaban J connectivity index is 2.20. The molecule has 1 fully saturated rings. The summed E-state index contributed by atoms with van der Waals surface area (Å²) in [5.41, 5.74) is 5.64. The van der Waals surface area contributed by atoms with Crippen molar-refractivity contribution in [3.63, 3.8) is 0 Å². The van der Waals surface area contributed by atoms with Crippen LogP contribution in [0.1, 0.15) is 43.5 Å². The van der Waals surface area contributed by atoms with E-state index in [0.717, 1.165) is 12.8 Å². The number of hydrogen-bond donors (Lipinski definition) is 2. The molecule has 0 saturated carbocycles. The smallest absolute Gasteiger partial charge is 0.328 e. The predicted octanol–water partition coefficient (Wildman–Crippen LogP) is 1.53. The van der Waals surface area contributed by atoms with Crippen molar-refractivity contribution in [1.29, 1.82) is 0 Å². The lowest BCUT2D eigenvalue weighted by Gasteiger charge is -2.33. The monoisotopic (exact) mass is 347 g/mol. The molecular weight excluding hydrogens is 322 g/mol. The highest BCUT2D eigenvalue weighted by Gasteiger charge is 2.33. The summed E-state index contributed by atoms with van der Waals surface area (Å²) in [6, 6.07) is 6.06. The molecule has 1 aromatic rings. The second kappa shape index (κ2) is 7.65. The van der Waals surface area contributed by atoms with E-state index < -0.39 is 17.6 Å². The zero-order valence-electron chi connectivity index (χ0n) is 14.9. The summed E-state index contributed by atoms with van der Waals surface area (Å²) in [5.74, 6) is -0.997. The number of carbonyl (C=O) groups excluding carboxylic acids is 3. The number of amides is 2. The second-order valence-electron chi connectivity index (χ2n) is 6.79. The van der Waals surface area contributed by atoms with Gasteiger partial charge in [-0.1, -0.05) is 6.07 Å². The molecule has 7 heteroatoms. The molecule has 25 heavy (non-hydrogen) atoms. The van der Waals surface area contributed by atoms with Crippen LogP contribution >= 0.6 is 0 Å². The average Bonchev–Trinajstić information content (AvgIpc) is 2.59. The Morgan fingerprint density at radius 3 is 2.64 bits per heavy atom. The lowest BCUT2D eigenvalue weighted by molar-refractivity contribution is -0.147. The highest BCUT2D eigenvalue weighted by molar-refractivity contribution is 6.00. The van der Waals surface area contributed by atoms with E-state index >= 15 is 0 Å². The first-order valence-corrected chi connectivity index (χ1v) is 8.33. The van der Waals surface area contributed by atoms with Gasteiger partial charge in [0.2, 0.25) is 5.91 Å². The van der Waals surface area contributed by atoms with Gasteiger partial charge < -0.3 is 20.7 Å². The van der Waals surface area contributed by atoms with Gasteiger partial charge in [-0.05, 0) is 51.3 Å². The van der Waals surface area contributed by atoms with Crippen molar-refractivity contribution in [3.05, 3.63) is 29.8 Å². The van der Waals surface area contributed by atoms with Gasteiger partial charge in [0.15, 0.2) is 0 Å². The predicted molar refractivity (Wildman–Crippen MR) is 94.0 cm³/mol. The molecule has 7 nitrogen and oxygen atoms in total. The third-order valence-electron chi connectivity index (χ3n) is 4.19. The first-order valence-electron chi connectivity index (χ1n) is 8.33. The van der Waals surface area contributed by atoms with Crippen LogP contribution in [-0.4, -0.2) is 47.9 Å². The van der Waals surface area contributed by atoms with Crippen molar-refractivity contribution in [3.8, 4) is 0 Å². The van der Waals surface area contributed by atoms with Gasteiger partial charge in [0.05, 0.1) is 12.6 Å². The summed E-state index contributed by atoms with van der Waals surface area (Å²) >= 11 is 0. The van der Waals surface area contributed by atoms with Crippen LogP contribution in [0.5, 0.6) is 0 Å². The normalized spacial score (nSPS) is 17.8. The maximum absolute atomic E-state index is 12.8. The van der Waals surface area contributed by atoms with Crippen LogP contribution in [0, 0.1) is 0 Å². The van der Waals surface area contributed by atoms with Gasteiger partial charge in [0, 0.05) is 17.8 Å². The van der Waals surface area contributed by atoms with Crippen LogP contribution < -0.4 is 11.1 Å². The number of nitrogens with one attached hydrogen (secondary N) is 1. The lowest BCUT2D eigenvalue weighted by Crippen LogP contribution is -2.48. The SMILES string of the molecule is COC(=O)C1CCCCN1C(=O)c1cccc(NC(=O)C(C)(C)N)c1. The summed E-state index contributed by atoms with van der Waals surface area (Å²) < 4.78 is 4.82. The number of piperidine rings is 1. The van der Waals surface area contributed by atoms with Crippen molar-refractivity contribution < 1.29 is 19.1 Å². The number of likely N-dealkylation sites (tertiary alicyclic amines) is 1. The Labute approximate surface area is 147 Å². The van der Waals surface area contributed by atoms with Gasteiger partial charge in [-0.15, -0.1) is 0 Å². The number of hydrogen-bond acceptors (Lipinski definition) is 5. The van der Waals surface area contributed by atoms with E-state index in [4.69, 9.17) is 10.5 Å². The van der Waals surface area contributed by atoms with Crippen LogP contribution in [0.25, 0.3) is 0 Å². The molecule has 1 heterocycles. The first kappa shape index (κ1) is 18.9. The number of anilines is 1. The highest BCUT2D eigenvalue weighted by Crippen LogP contribution is 2.22. The van der Waals surface area contributed by atoms with Crippen LogP contribution in [0.3, 0.4) is 0 Å². The fourth-order valence-corrected chi connectivity index (χ4v) is 2.74. The molecule has 2 rings (SSSR count). The standard InChI is InChI=1S/C18H25N3O4/c1-18(2,19)17(24)20-13-8-6-7-12(11-13)15(22)21-10-5-4-9-14(21)16(23)25-3/h6-8,11,14H,4-5,9-10,19H2,1-3H3,(H,20,24). The molecule has 0 bridgehead atoms. The van der Waals surface area contributed by atoms with Crippen molar-refractivity contribution in [2.75, 3.05) is 19.0 Å². The fourth-order valence-electron chi connectivity index (χ4n) is 2.74. The summed E-state index contributed by atoms with van der Waals surface area (Å²) in [6.45, 7) is 3.71. The minimum absolute atomic E-state index is 0.252. The van der Waals surface area contributed by atoms with E-state index in [1.165, 1.54) is 7.11 Å². The van der Waals surface area contributed by atoms with E-state index in [-0.39, 0.29) is 11.8 Å². The van der Waals surface area contributed by atoms with Crippen molar-refractivity contribution >= 4 is 23.5 Å². The van der Waals surface area contributed by atoms with Crippen LogP contribution in [-0.2, 0) is 14.3 Å². The number of esters is 1. The van der Waals surface area contributed by atoms with Gasteiger partial charge in [0.1, 0.15) is 6.04 Å². The van der Waals surface area contributed by atoms with E-state index in [0.29, 0.717) is 24.2 Å². The zero-order chi connectivity index (χ0) is 18.6. The number of benzene rings is 1. The van der Waals surface area contributed by atoms with Gasteiger partial charge in [-0.2, -0.15) is 0 Å². The van der Waals surface area contributed by atoms with Gasteiger partial charge in [-0.25, -0.2) is 4.79 Å². The quantitative estimate of drug-likeness (QED) is 0.804. The third-order valence-corrected chi connectivity index (χ3v) is 4.19. The third kappa shape index (κ3) is 4.57. The summed E-state index contributed by atoms with van der Waals surface area (Å²) in [6.07, 6.45) is 2.32. The van der Waals surface area contributed by atoms with Gasteiger partial charge >= 0.3 is 5.97 Å². The topological polar surface area (TPSA) is 102 Å². The van der Waals surface area contributed by atoms with Crippen molar-refractivity contribution in [2.24, 2.45) is 5.73 Å². The van der Waals surface area contributed by atoms with Crippen LogP contribution in [0.2, 0.25) is 0 Å². The minimum atomic E-state index is -1.02. The van der Waals surface area contributed by atoms with Crippen LogP contribution in [0.15, 0.2) is 24.3 Å². The molecule has 1 aliphatic heterocycles. The molecule has 136 valence electrons. The largest absolute Gasteiger partial charge is 0.467 e. The van der Waals surface area contributed by atoms with E-state index in [2.05, 4.69) is 5.32 Å². The summed E-state index contributed by atoms with van der Waals surface area (Å²) in [7, 11) is 1.32. The number of nitrogens with two attached hydrogens (primary N) is 1. The minimum Gasteiger partial charge on any atom is -0.467 e. The number of rotatable bonds is 4. The number of ether oxygens (including phenoxy) is 1. The van der Waals surface area contributed by atoms with Gasteiger partial charge in [0.25, 0.3) is 5.91 Å². The molecule has 1 atom stereocenters. The molecule has 0 radical (unpaired) electrons. The molecule has 0 aromatic heterocycles. The molecule has 2 amide bonds. The maximum atomic E-state index is 12.8. The molecule has 0 spiro atoms. The fraction of sp³-hybridized carbons (Fsp3) is 0.500. The molecule has 1 aliphatic rings. The summed E-state index contributed by atoms with van der Waals surface area (Å²) in [5, 5.41) is 2.70. The Hall–Kier alpha value is -2.41. The summed E-state index contributed by atoms with van der Waals surface area (Å²) in [4.78, 5) is 38.3. The Kier molecular flexibility index (Phi) is 5.79. The zero-order valence-corrected chi connectivity index (χ0v) is 14.9. The van der Waals surface area contributed by atoms with Crippen molar-refractivity contribution in [2.45, 2.75) is 44.7 Å². The molecule has 1 aromatic carbocycles. The molecule has 3 N–H and O–H groups in total. The van der Waals surface area contributed by atoms with Gasteiger partial charge in [-0.3, -0.25) is 9.59 Å². The maximum Gasteiger partial charge on any atom is 0.328 e. The number of methoxy groups -OCH3 is 1. The number of nitrogens with zero attached hydrogens (tertiary/aromatic N) is 1. The lowest BCUT2D eigenvalue weighted by atomic mass is 10.0. The first-order chi connectivity index (χ1) is 11.7. The molecule has 0 aliphatic carbocycles. The van der Waals surface area contributed by atoms with E-state index in [1.807, 2.05) is 0 Å². The number of carbonyl (C=O) groups is 3. The second-order valence-corrected chi connectivity index (χ2v) is 6.79. The van der Waals surface area contributed by atoms with E-state index in [9.17, 15) is 14.4 Å². The molecule has 1 unspecified atom stereocenters. The van der Waals surface area contributed by atoms with Crippen molar-refractivity contribution in [1.82, 2.24) is 4.90 Å². The highest BCUT2D eigenvalue weighted by atomic mass is 16.5. The molecular formula is C18H25N3O4. The van der Waals surface area contributed by atoms with Crippen LogP contribution in [0.4, 0.5) is 5.69 Å². The Bertz CT molecular complexity index is 667.